The lowest BCUT2D eigenvalue weighted by Gasteiger charge is -2.19. The van der Waals surface area contributed by atoms with E-state index in [-0.39, 0.29) is 11.4 Å². The molecule has 1 saturated heterocycles. The molecule has 1 N–H and O–H groups in total. The Morgan fingerprint density at radius 1 is 1.39 bits per heavy atom. The molecule has 0 spiro atoms. The van der Waals surface area contributed by atoms with Gasteiger partial charge in [0.15, 0.2) is 0 Å². The molecule has 0 bridgehead atoms. The predicted molar refractivity (Wildman–Crippen MR) is 75.8 cm³/mol. The van der Waals surface area contributed by atoms with Crippen molar-refractivity contribution < 1.29 is 13.5 Å². The summed E-state index contributed by atoms with van der Waals surface area (Å²) in [5.74, 6) is 0. The van der Waals surface area contributed by atoms with E-state index >= 15 is 0 Å². The van der Waals surface area contributed by atoms with Gasteiger partial charge in [-0.1, -0.05) is 15.9 Å². The van der Waals surface area contributed by atoms with Gasteiger partial charge in [0.05, 0.1) is 10.5 Å². The number of rotatable bonds is 2. The van der Waals surface area contributed by atoms with Gasteiger partial charge in [-0.2, -0.15) is 4.31 Å². The minimum absolute atomic E-state index is 0.133. The molecule has 1 unspecified atom stereocenters. The molecule has 1 aliphatic rings. The van der Waals surface area contributed by atoms with E-state index in [1.807, 2.05) is 0 Å². The second-order valence-corrected chi connectivity index (χ2v) is 8.34. The molecule has 0 radical (unpaired) electrons. The molecule has 18 heavy (non-hydrogen) atoms. The van der Waals surface area contributed by atoms with Crippen LogP contribution in [-0.4, -0.2) is 36.5 Å². The Kier molecular flexibility index (Phi) is 3.91. The standard InChI is InChI=1S/C11H13Br2NO3S/c1-11(15)4-5-14(7-11)18(16,17)10-6-8(12)2-3-9(10)13/h2-3,6,15H,4-5,7H2,1H3. The fourth-order valence-electron chi connectivity index (χ4n) is 1.92. The molecule has 0 aliphatic carbocycles. The highest BCUT2D eigenvalue weighted by Gasteiger charge is 2.39. The number of aliphatic hydroxyl groups is 1. The van der Waals surface area contributed by atoms with Crippen molar-refractivity contribution in [1.29, 1.82) is 0 Å². The molecular formula is C11H13Br2NO3S. The topological polar surface area (TPSA) is 57.6 Å². The summed E-state index contributed by atoms with van der Waals surface area (Å²) in [4.78, 5) is 0.217. The lowest BCUT2D eigenvalue weighted by molar-refractivity contribution is 0.0762. The van der Waals surface area contributed by atoms with Crippen LogP contribution in [0.3, 0.4) is 0 Å². The average molecular weight is 399 g/mol. The van der Waals surface area contributed by atoms with Crippen LogP contribution in [0.25, 0.3) is 0 Å². The van der Waals surface area contributed by atoms with Gasteiger partial charge in [0, 0.05) is 22.0 Å². The molecule has 1 atom stereocenters. The van der Waals surface area contributed by atoms with Crippen LogP contribution in [0.15, 0.2) is 32.0 Å². The van der Waals surface area contributed by atoms with E-state index in [4.69, 9.17) is 0 Å². The first kappa shape index (κ1) is 14.5. The molecule has 0 aromatic heterocycles. The van der Waals surface area contributed by atoms with Crippen LogP contribution in [0.1, 0.15) is 13.3 Å². The van der Waals surface area contributed by atoms with Crippen molar-refractivity contribution in [3.63, 3.8) is 0 Å². The second kappa shape index (κ2) is 4.86. The molecular weight excluding hydrogens is 386 g/mol. The summed E-state index contributed by atoms with van der Waals surface area (Å²) in [6, 6.07) is 5.01. The van der Waals surface area contributed by atoms with Gasteiger partial charge < -0.3 is 5.11 Å². The van der Waals surface area contributed by atoms with Crippen molar-refractivity contribution in [2.75, 3.05) is 13.1 Å². The zero-order valence-electron chi connectivity index (χ0n) is 9.73. The van der Waals surface area contributed by atoms with Gasteiger partial charge in [-0.25, -0.2) is 8.42 Å². The fraction of sp³-hybridized carbons (Fsp3) is 0.455. The molecule has 2 rings (SSSR count). The fourth-order valence-corrected chi connectivity index (χ4v) is 4.94. The zero-order valence-corrected chi connectivity index (χ0v) is 13.7. The molecule has 0 saturated carbocycles. The smallest absolute Gasteiger partial charge is 0.244 e. The van der Waals surface area contributed by atoms with Crippen LogP contribution in [0, 0.1) is 0 Å². The van der Waals surface area contributed by atoms with Gasteiger partial charge in [-0.3, -0.25) is 0 Å². The van der Waals surface area contributed by atoms with E-state index in [0.717, 1.165) is 0 Å². The van der Waals surface area contributed by atoms with E-state index in [2.05, 4.69) is 31.9 Å². The molecule has 1 aromatic carbocycles. The molecule has 1 aliphatic heterocycles. The van der Waals surface area contributed by atoms with E-state index < -0.39 is 15.6 Å². The molecule has 1 fully saturated rings. The first-order valence-electron chi connectivity index (χ1n) is 5.40. The van der Waals surface area contributed by atoms with Gasteiger partial charge in [0.2, 0.25) is 10.0 Å². The van der Waals surface area contributed by atoms with Gasteiger partial charge in [-0.15, -0.1) is 0 Å². The minimum atomic E-state index is -3.57. The Bertz CT molecular complexity index is 572. The van der Waals surface area contributed by atoms with Crippen LogP contribution >= 0.6 is 31.9 Å². The van der Waals surface area contributed by atoms with Crippen LogP contribution in [-0.2, 0) is 10.0 Å². The lowest BCUT2D eigenvalue weighted by Crippen LogP contribution is -2.34. The number of halogens is 2. The van der Waals surface area contributed by atoms with Gasteiger partial charge in [-0.05, 0) is 47.5 Å². The summed E-state index contributed by atoms with van der Waals surface area (Å²) in [7, 11) is -3.57. The maximum absolute atomic E-state index is 12.5. The second-order valence-electron chi connectivity index (χ2n) is 4.66. The zero-order chi connectivity index (χ0) is 13.6. The minimum Gasteiger partial charge on any atom is -0.389 e. The van der Waals surface area contributed by atoms with E-state index in [0.29, 0.717) is 21.9 Å². The maximum Gasteiger partial charge on any atom is 0.244 e. The van der Waals surface area contributed by atoms with Gasteiger partial charge in [0.1, 0.15) is 0 Å². The number of hydrogen-bond acceptors (Lipinski definition) is 3. The van der Waals surface area contributed by atoms with E-state index in [1.165, 1.54) is 4.31 Å². The number of β-amino-alcohol motifs (C(OH)–C–C–N with tert-alkyl or cyclic N) is 1. The van der Waals surface area contributed by atoms with Crippen molar-refractivity contribution in [2.45, 2.75) is 23.8 Å². The summed E-state index contributed by atoms with van der Waals surface area (Å²) in [5.41, 5.74) is -0.939. The van der Waals surface area contributed by atoms with Crippen molar-refractivity contribution in [1.82, 2.24) is 4.31 Å². The molecule has 100 valence electrons. The summed E-state index contributed by atoms with van der Waals surface area (Å²) >= 11 is 6.52. The quantitative estimate of drug-likeness (QED) is 0.831. The third kappa shape index (κ3) is 2.80. The highest BCUT2D eigenvalue weighted by Crippen LogP contribution is 2.32. The Morgan fingerprint density at radius 3 is 2.61 bits per heavy atom. The molecule has 1 aromatic rings. The first-order valence-corrected chi connectivity index (χ1v) is 8.43. The van der Waals surface area contributed by atoms with Crippen LogP contribution in [0.2, 0.25) is 0 Å². The van der Waals surface area contributed by atoms with Crippen molar-refractivity contribution in [2.24, 2.45) is 0 Å². The van der Waals surface area contributed by atoms with Crippen LogP contribution in [0.4, 0.5) is 0 Å². The predicted octanol–water partition coefficient (Wildman–Crippen LogP) is 2.36. The first-order chi connectivity index (χ1) is 8.22. The van der Waals surface area contributed by atoms with Gasteiger partial charge in [0.25, 0.3) is 0 Å². The summed E-state index contributed by atoms with van der Waals surface area (Å²) in [6.45, 7) is 2.13. The van der Waals surface area contributed by atoms with E-state index in [9.17, 15) is 13.5 Å². The number of nitrogens with zero attached hydrogens (tertiary/aromatic N) is 1. The lowest BCUT2D eigenvalue weighted by atomic mass is 10.1. The van der Waals surface area contributed by atoms with Crippen molar-refractivity contribution >= 4 is 41.9 Å². The van der Waals surface area contributed by atoms with Gasteiger partial charge >= 0.3 is 0 Å². The molecule has 1 heterocycles. The monoisotopic (exact) mass is 397 g/mol. The van der Waals surface area contributed by atoms with E-state index in [1.54, 1.807) is 25.1 Å². The Balaban J connectivity index is 2.40. The summed E-state index contributed by atoms with van der Waals surface area (Å²) in [5, 5.41) is 9.87. The maximum atomic E-state index is 12.5. The normalized spacial score (nSPS) is 25.6. The highest BCUT2D eigenvalue weighted by atomic mass is 79.9. The summed E-state index contributed by atoms with van der Waals surface area (Å²) in [6.07, 6.45) is 0.456. The average Bonchev–Trinajstić information content (AvgIpc) is 2.63. The third-order valence-electron chi connectivity index (χ3n) is 2.93. The number of hydrogen-bond donors (Lipinski definition) is 1. The van der Waals surface area contributed by atoms with Crippen LogP contribution in [0.5, 0.6) is 0 Å². The Morgan fingerprint density at radius 2 is 2.06 bits per heavy atom. The summed E-state index contributed by atoms with van der Waals surface area (Å²) < 4.78 is 27.5. The SMILES string of the molecule is CC1(O)CCN(S(=O)(=O)c2cc(Br)ccc2Br)C1. The molecule has 0 amide bonds. The molecule has 7 heteroatoms. The Labute approximate surface area is 123 Å². The van der Waals surface area contributed by atoms with Crippen molar-refractivity contribution in [3.05, 3.63) is 27.1 Å². The van der Waals surface area contributed by atoms with Crippen molar-refractivity contribution in [3.8, 4) is 0 Å². The third-order valence-corrected chi connectivity index (χ3v) is 6.26. The number of benzene rings is 1. The van der Waals surface area contributed by atoms with Crippen LogP contribution < -0.4 is 0 Å². The largest absolute Gasteiger partial charge is 0.389 e. The molecule has 4 nitrogen and oxygen atoms in total. The highest BCUT2D eigenvalue weighted by molar-refractivity contribution is 9.11. The Hall–Kier alpha value is 0.0500. The number of sulfonamides is 1.